The molecule has 1 aliphatic heterocycles. The molecule has 0 spiro atoms. The molecule has 92 valence electrons. The van der Waals surface area contributed by atoms with Crippen molar-refractivity contribution in [2.75, 3.05) is 20.3 Å². The van der Waals surface area contributed by atoms with Gasteiger partial charge < -0.3 is 9.64 Å². The van der Waals surface area contributed by atoms with Crippen LogP contribution in [-0.4, -0.2) is 37.1 Å². The lowest BCUT2D eigenvalue weighted by Gasteiger charge is -2.39. The van der Waals surface area contributed by atoms with Gasteiger partial charge in [-0.05, 0) is 24.3 Å². The van der Waals surface area contributed by atoms with Crippen molar-refractivity contribution in [3.8, 4) is 0 Å². The van der Waals surface area contributed by atoms with Crippen LogP contribution in [0.4, 0.5) is 0 Å². The number of nitrogens with zero attached hydrogens (tertiary/aromatic N) is 1. The highest BCUT2D eigenvalue weighted by Crippen LogP contribution is 2.33. The van der Waals surface area contributed by atoms with Gasteiger partial charge in [0.2, 0.25) is 5.91 Å². The fourth-order valence-corrected chi connectivity index (χ4v) is 2.37. The average molecular weight is 225 g/mol. The molecule has 1 heterocycles. The van der Waals surface area contributed by atoms with Crippen LogP contribution in [0.2, 0.25) is 0 Å². The molecule has 0 radical (unpaired) electrons. The Morgan fingerprint density at radius 2 is 2.19 bits per heavy atom. The molecule has 16 heavy (non-hydrogen) atoms. The molecule has 0 unspecified atom stereocenters. The van der Waals surface area contributed by atoms with Gasteiger partial charge in [0, 0.05) is 13.7 Å². The lowest BCUT2D eigenvalue weighted by molar-refractivity contribution is -0.136. The van der Waals surface area contributed by atoms with Crippen molar-refractivity contribution in [1.82, 2.24) is 4.90 Å². The minimum atomic E-state index is 0.0878. The lowest BCUT2D eigenvalue weighted by atomic mass is 9.80. The maximum atomic E-state index is 11.9. The Balaban J connectivity index is 2.81. The van der Waals surface area contributed by atoms with Crippen molar-refractivity contribution in [1.29, 1.82) is 0 Å². The standard InChI is InChI=1S/C13H23NO2/c1-10-11(13(2,3)4)7-6-8-14(10)12(15)9-16-5/h7,10H,6,8-9H2,1-5H3/t10-/m1/s1. The van der Waals surface area contributed by atoms with Crippen LogP contribution in [0.5, 0.6) is 0 Å². The van der Waals surface area contributed by atoms with Crippen molar-refractivity contribution >= 4 is 5.91 Å². The maximum Gasteiger partial charge on any atom is 0.249 e. The van der Waals surface area contributed by atoms with Crippen molar-refractivity contribution < 1.29 is 9.53 Å². The van der Waals surface area contributed by atoms with E-state index in [1.807, 2.05) is 4.90 Å². The molecule has 0 saturated heterocycles. The van der Waals surface area contributed by atoms with Gasteiger partial charge in [-0.2, -0.15) is 0 Å². The molecular formula is C13H23NO2. The third-order valence-electron chi connectivity index (χ3n) is 3.11. The number of carbonyl (C=O) groups is 1. The summed E-state index contributed by atoms with van der Waals surface area (Å²) >= 11 is 0. The van der Waals surface area contributed by atoms with Crippen LogP contribution in [0, 0.1) is 5.41 Å². The number of amides is 1. The number of carbonyl (C=O) groups excluding carboxylic acids is 1. The summed E-state index contributed by atoms with van der Waals surface area (Å²) in [5.41, 5.74) is 1.48. The van der Waals surface area contributed by atoms with Gasteiger partial charge in [-0.1, -0.05) is 26.8 Å². The first-order valence-corrected chi connectivity index (χ1v) is 5.87. The zero-order valence-electron chi connectivity index (χ0n) is 11.0. The molecule has 0 aromatic carbocycles. The van der Waals surface area contributed by atoms with Crippen molar-refractivity contribution in [3.05, 3.63) is 11.6 Å². The van der Waals surface area contributed by atoms with E-state index in [4.69, 9.17) is 4.74 Å². The maximum absolute atomic E-state index is 11.9. The first-order chi connectivity index (χ1) is 7.38. The lowest BCUT2D eigenvalue weighted by Crippen LogP contribution is -2.46. The van der Waals surface area contributed by atoms with Gasteiger partial charge in [0.25, 0.3) is 0 Å². The minimum Gasteiger partial charge on any atom is -0.375 e. The fourth-order valence-electron chi connectivity index (χ4n) is 2.37. The molecule has 0 bridgehead atoms. The van der Waals surface area contributed by atoms with Gasteiger partial charge in [-0.15, -0.1) is 0 Å². The molecule has 3 heteroatoms. The van der Waals surface area contributed by atoms with E-state index in [1.54, 1.807) is 7.11 Å². The monoisotopic (exact) mass is 225 g/mol. The second kappa shape index (κ2) is 5.00. The third kappa shape index (κ3) is 2.85. The first-order valence-electron chi connectivity index (χ1n) is 5.87. The summed E-state index contributed by atoms with van der Waals surface area (Å²) < 4.78 is 4.92. The second-order valence-electron chi connectivity index (χ2n) is 5.39. The molecule has 0 aliphatic carbocycles. The quantitative estimate of drug-likeness (QED) is 0.674. The van der Waals surface area contributed by atoms with E-state index in [0.29, 0.717) is 0 Å². The van der Waals surface area contributed by atoms with Crippen LogP contribution in [0.15, 0.2) is 11.6 Å². The largest absolute Gasteiger partial charge is 0.375 e. The summed E-state index contributed by atoms with van der Waals surface area (Å²) in [7, 11) is 1.56. The highest BCUT2D eigenvalue weighted by Gasteiger charge is 2.31. The van der Waals surface area contributed by atoms with E-state index in [0.717, 1.165) is 13.0 Å². The summed E-state index contributed by atoms with van der Waals surface area (Å²) in [6.07, 6.45) is 3.23. The van der Waals surface area contributed by atoms with Gasteiger partial charge in [0.1, 0.15) is 6.61 Å². The molecular weight excluding hydrogens is 202 g/mol. The Bertz CT molecular complexity index is 289. The predicted molar refractivity (Wildman–Crippen MR) is 65.2 cm³/mol. The summed E-state index contributed by atoms with van der Waals surface area (Å²) in [6, 6.07) is 0.191. The van der Waals surface area contributed by atoms with Crippen LogP contribution in [-0.2, 0) is 9.53 Å². The number of ether oxygens (including phenoxy) is 1. The zero-order chi connectivity index (χ0) is 12.3. The van der Waals surface area contributed by atoms with Gasteiger partial charge in [-0.25, -0.2) is 0 Å². The molecule has 1 amide bonds. The number of rotatable bonds is 2. The van der Waals surface area contributed by atoms with E-state index in [-0.39, 0.29) is 24.0 Å². The van der Waals surface area contributed by atoms with E-state index in [2.05, 4.69) is 33.8 Å². The Morgan fingerprint density at radius 1 is 1.56 bits per heavy atom. The normalized spacial score (nSPS) is 21.9. The summed E-state index contributed by atoms with van der Waals surface area (Å²) in [5.74, 6) is 0.0878. The Kier molecular flexibility index (Phi) is 4.14. The summed E-state index contributed by atoms with van der Waals surface area (Å²) in [4.78, 5) is 13.8. The summed E-state index contributed by atoms with van der Waals surface area (Å²) in [6.45, 7) is 9.67. The first kappa shape index (κ1) is 13.2. The van der Waals surface area contributed by atoms with E-state index in [1.165, 1.54) is 5.57 Å². The van der Waals surface area contributed by atoms with Crippen molar-refractivity contribution in [3.63, 3.8) is 0 Å². The van der Waals surface area contributed by atoms with Gasteiger partial charge in [0.15, 0.2) is 0 Å². The second-order valence-corrected chi connectivity index (χ2v) is 5.39. The van der Waals surface area contributed by atoms with E-state index < -0.39 is 0 Å². The van der Waals surface area contributed by atoms with Gasteiger partial charge in [0.05, 0.1) is 6.04 Å². The Labute approximate surface area is 98.5 Å². The Morgan fingerprint density at radius 3 is 2.69 bits per heavy atom. The van der Waals surface area contributed by atoms with Crippen LogP contribution in [0.1, 0.15) is 34.1 Å². The smallest absolute Gasteiger partial charge is 0.249 e. The van der Waals surface area contributed by atoms with Crippen molar-refractivity contribution in [2.24, 2.45) is 5.41 Å². The third-order valence-corrected chi connectivity index (χ3v) is 3.11. The van der Waals surface area contributed by atoms with Crippen LogP contribution in [0.3, 0.4) is 0 Å². The molecule has 0 saturated carbocycles. The molecule has 1 rings (SSSR count). The minimum absolute atomic E-state index is 0.0878. The molecule has 1 atom stereocenters. The average Bonchev–Trinajstić information content (AvgIpc) is 2.16. The molecule has 0 N–H and O–H groups in total. The number of hydrogen-bond donors (Lipinski definition) is 0. The molecule has 3 nitrogen and oxygen atoms in total. The number of hydrogen-bond acceptors (Lipinski definition) is 2. The summed E-state index contributed by atoms with van der Waals surface area (Å²) in [5, 5.41) is 0. The fraction of sp³-hybridized carbons (Fsp3) is 0.769. The SMILES string of the molecule is COCC(=O)N1CCC=C(C(C)(C)C)[C@H]1C. The van der Waals surface area contributed by atoms with Crippen LogP contribution in [0.25, 0.3) is 0 Å². The number of methoxy groups -OCH3 is 1. The molecule has 1 aliphatic rings. The predicted octanol–water partition coefficient (Wildman–Crippen LogP) is 2.23. The topological polar surface area (TPSA) is 29.5 Å². The molecule has 0 fully saturated rings. The Hall–Kier alpha value is -0.830. The van der Waals surface area contributed by atoms with Crippen LogP contribution < -0.4 is 0 Å². The highest BCUT2D eigenvalue weighted by molar-refractivity contribution is 5.78. The van der Waals surface area contributed by atoms with Crippen molar-refractivity contribution in [2.45, 2.75) is 40.2 Å². The van der Waals surface area contributed by atoms with E-state index >= 15 is 0 Å². The zero-order valence-corrected chi connectivity index (χ0v) is 11.0. The van der Waals surface area contributed by atoms with Gasteiger partial charge in [-0.3, -0.25) is 4.79 Å². The van der Waals surface area contributed by atoms with Crippen LogP contribution >= 0.6 is 0 Å². The molecule has 0 aromatic rings. The molecule has 0 aromatic heterocycles. The van der Waals surface area contributed by atoms with Gasteiger partial charge >= 0.3 is 0 Å². The van der Waals surface area contributed by atoms with E-state index in [9.17, 15) is 4.79 Å². The highest BCUT2D eigenvalue weighted by atomic mass is 16.5.